The zero-order valence-electron chi connectivity index (χ0n) is 16.1. The average Bonchev–Trinajstić information content (AvgIpc) is 2.76. The van der Waals surface area contributed by atoms with Crippen molar-refractivity contribution in [1.82, 2.24) is 9.97 Å². The van der Waals surface area contributed by atoms with Gasteiger partial charge in [0.15, 0.2) is 5.82 Å². The Morgan fingerprint density at radius 3 is 2.14 bits per heavy atom. The van der Waals surface area contributed by atoms with Crippen LogP contribution in [0.5, 0.6) is 17.4 Å². The number of piperazine rings is 1. The minimum atomic E-state index is -0.231. The van der Waals surface area contributed by atoms with Crippen LogP contribution in [0, 0.1) is 5.82 Å². The van der Waals surface area contributed by atoms with Gasteiger partial charge in [-0.1, -0.05) is 0 Å². The third-order valence-corrected chi connectivity index (χ3v) is 4.87. The maximum Gasteiger partial charge on any atom is 0.248 e. The van der Waals surface area contributed by atoms with Gasteiger partial charge in [-0.2, -0.15) is 4.98 Å². The molecule has 0 amide bonds. The standard InChI is InChI=1S/C21H22FN5O2/c1-28-17-6-8-18(9-7-17)29-21-19(23)20(24-14-25-21)27-12-10-26(11-13-27)16-4-2-15(22)3-5-16/h2-9,14H,10-13,23H2,1H3. The number of methoxy groups -OCH3 is 1. The highest BCUT2D eigenvalue weighted by molar-refractivity contribution is 5.69. The summed E-state index contributed by atoms with van der Waals surface area (Å²) in [5.41, 5.74) is 7.72. The van der Waals surface area contributed by atoms with Gasteiger partial charge >= 0.3 is 0 Å². The van der Waals surface area contributed by atoms with Crippen LogP contribution in [0.2, 0.25) is 0 Å². The van der Waals surface area contributed by atoms with Crippen LogP contribution in [-0.2, 0) is 0 Å². The normalized spacial score (nSPS) is 14.0. The van der Waals surface area contributed by atoms with Crippen molar-refractivity contribution in [2.45, 2.75) is 0 Å². The fourth-order valence-electron chi connectivity index (χ4n) is 3.29. The number of nitrogens with zero attached hydrogens (tertiary/aromatic N) is 4. The maximum absolute atomic E-state index is 13.1. The molecule has 2 heterocycles. The summed E-state index contributed by atoms with van der Waals surface area (Å²) >= 11 is 0. The lowest BCUT2D eigenvalue weighted by Gasteiger charge is -2.37. The number of nitrogens with two attached hydrogens (primary N) is 1. The Kier molecular flexibility index (Phi) is 5.33. The Hall–Kier alpha value is -3.55. The summed E-state index contributed by atoms with van der Waals surface area (Å²) in [6, 6.07) is 13.8. The van der Waals surface area contributed by atoms with E-state index in [0.717, 1.165) is 37.6 Å². The zero-order chi connectivity index (χ0) is 20.2. The number of hydrogen-bond donors (Lipinski definition) is 1. The minimum Gasteiger partial charge on any atom is -0.497 e. The summed E-state index contributed by atoms with van der Waals surface area (Å²) in [5, 5.41) is 0. The van der Waals surface area contributed by atoms with Crippen molar-refractivity contribution in [3.8, 4) is 17.4 Å². The van der Waals surface area contributed by atoms with Crippen LogP contribution < -0.4 is 25.0 Å². The highest BCUT2D eigenvalue weighted by atomic mass is 19.1. The van der Waals surface area contributed by atoms with Gasteiger partial charge < -0.3 is 25.0 Å². The smallest absolute Gasteiger partial charge is 0.248 e. The SMILES string of the molecule is COc1ccc(Oc2ncnc(N3CCN(c4ccc(F)cc4)CC3)c2N)cc1. The summed E-state index contributed by atoms with van der Waals surface area (Å²) < 4.78 is 24.1. The van der Waals surface area contributed by atoms with Crippen LogP contribution in [0.15, 0.2) is 54.9 Å². The van der Waals surface area contributed by atoms with Gasteiger partial charge in [0.05, 0.1) is 7.11 Å². The monoisotopic (exact) mass is 395 g/mol. The number of halogens is 1. The molecule has 8 heteroatoms. The Morgan fingerprint density at radius 2 is 1.48 bits per heavy atom. The van der Waals surface area contributed by atoms with Crippen LogP contribution in [0.3, 0.4) is 0 Å². The molecule has 1 aliphatic heterocycles. The first kappa shape index (κ1) is 18.8. The predicted molar refractivity (Wildman–Crippen MR) is 110 cm³/mol. The predicted octanol–water partition coefficient (Wildman–Crippen LogP) is 3.33. The summed E-state index contributed by atoms with van der Waals surface area (Å²) in [5.74, 6) is 2.10. The quantitative estimate of drug-likeness (QED) is 0.710. The largest absolute Gasteiger partial charge is 0.497 e. The molecule has 1 aromatic heterocycles. The number of aromatic nitrogens is 2. The number of anilines is 3. The molecule has 29 heavy (non-hydrogen) atoms. The zero-order valence-corrected chi connectivity index (χ0v) is 16.1. The molecule has 7 nitrogen and oxygen atoms in total. The molecule has 150 valence electrons. The van der Waals surface area contributed by atoms with E-state index in [9.17, 15) is 4.39 Å². The van der Waals surface area contributed by atoms with Gasteiger partial charge in [-0.3, -0.25) is 0 Å². The van der Waals surface area contributed by atoms with Crippen LogP contribution in [0.25, 0.3) is 0 Å². The van der Waals surface area contributed by atoms with E-state index < -0.39 is 0 Å². The number of ether oxygens (including phenoxy) is 2. The molecule has 1 fully saturated rings. The van der Waals surface area contributed by atoms with Gasteiger partial charge in [-0.25, -0.2) is 9.37 Å². The number of nitrogen functional groups attached to an aromatic ring is 1. The second kappa shape index (κ2) is 8.22. The third-order valence-electron chi connectivity index (χ3n) is 4.87. The van der Waals surface area contributed by atoms with Crippen molar-refractivity contribution in [2.75, 3.05) is 48.8 Å². The van der Waals surface area contributed by atoms with Crippen molar-refractivity contribution in [3.05, 3.63) is 60.7 Å². The van der Waals surface area contributed by atoms with Crippen LogP contribution in [0.1, 0.15) is 0 Å². The van der Waals surface area contributed by atoms with E-state index in [4.69, 9.17) is 15.2 Å². The van der Waals surface area contributed by atoms with Crippen molar-refractivity contribution >= 4 is 17.2 Å². The summed E-state index contributed by atoms with van der Waals surface area (Å²) in [6.07, 6.45) is 1.46. The summed E-state index contributed by atoms with van der Waals surface area (Å²) in [6.45, 7) is 3.04. The second-order valence-electron chi connectivity index (χ2n) is 6.64. The molecular formula is C21H22FN5O2. The first-order valence-electron chi connectivity index (χ1n) is 9.32. The first-order chi connectivity index (χ1) is 14.1. The van der Waals surface area contributed by atoms with Crippen molar-refractivity contribution in [1.29, 1.82) is 0 Å². The van der Waals surface area contributed by atoms with E-state index in [0.29, 0.717) is 23.1 Å². The van der Waals surface area contributed by atoms with Gasteiger partial charge in [0.1, 0.15) is 29.3 Å². The molecule has 0 bridgehead atoms. The fourth-order valence-corrected chi connectivity index (χ4v) is 3.29. The number of rotatable bonds is 5. The fraction of sp³-hybridized carbons (Fsp3) is 0.238. The Labute approximate surface area is 168 Å². The van der Waals surface area contributed by atoms with Crippen molar-refractivity contribution in [2.24, 2.45) is 0 Å². The molecule has 1 saturated heterocycles. The van der Waals surface area contributed by atoms with Crippen LogP contribution in [-0.4, -0.2) is 43.3 Å². The molecule has 0 spiro atoms. The highest BCUT2D eigenvalue weighted by Crippen LogP contribution is 2.32. The van der Waals surface area contributed by atoms with E-state index in [1.54, 1.807) is 31.4 Å². The molecule has 1 aliphatic rings. The Morgan fingerprint density at radius 1 is 0.862 bits per heavy atom. The molecule has 0 saturated carbocycles. The molecule has 4 rings (SSSR count). The van der Waals surface area contributed by atoms with E-state index >= 15 is 0 Å². The van der Waals surface area contributed by atoms with Gasteiger partial charge in [0, 0.05) is 31.9 Å². The molecule has 0 radical (unpaired) electrons. The van der Waals surface area contributed by atoms with Crippen molar-refractivity contribution < 1.29 is 13.9 Å². The summed E-state index contributed by atoms with van der Waals surface area (Å²) in [4.78, 5) is 12.9. The minimum absolute atomic E-state index is 0.231. The topological polar surface area (TPSA) is 76.7 Å². The first-order valence-corrected chi connectivity index (χ1v) is 9.32. The van der Waals surface area contributed by atoms with Crippen LogP contribution in [0.4, 0.5) is 21.6 Å². The van der Waals surface area contributed by atoms with E-state index in [1.807, 2.05) is 12.1 Å². The number of hydrogen-bond acceptors (Lipinski definition) is 7. The van der Waals surface area contributed by atoms with E-state index in [2.05, 4.69) is 19.8 Å². The van der Waals surface area contributed by atoms with Crippen molar-refractivity contribution in [3.63, 3.8) is 0 Å². The van der Waals surface area contributed by atoms with Gasteiger partial charge in [0.2, 0.25) is 5.88 Å². The third kappa shape index (κ3) is 4.16. The molecule has 0 atom stereocenters. The van der Waals surface area contributed by atoms with Gasteiger partial charge in [-0.05, 0) is 48.5 Å². The second-order valence-corrected chi connectivity index (χ2v) is 6.64. The van der Waals surface area contributed by atoms with E-state index in [-0.39, 0.29) is 5.82 Å². The highest BCUT2D eigenvalue weighted by Gasteiger charge is 2.22. The summed E-state index contributed by atoms with van der Waals surface area (Å²) in [7, 11) is 1.61. The Balaban J connectivity index is 1.45. The molecule has 2 aromatic carbocycles. The maximum atomic E-state index is 13.1. The van der Waals surface area contributed by atoms with Crippen LogP contribution >= 0.6 is 0 Å². The van der Waals surface area contributed by atoms with E-state index in [1.165, 1.54) is 18.5 Å². The molecule has 3 aromatic rings. The molecule has 2 N–H and O–H groups in total. The van der Waals surface area contributed by atoms with Gasteiger partial charge in [-0.15, -0.1) is 0 Å². The lowest BCUT2D eigenvalue weighted by molar-refractivity contribution is 0.412. The average molecular weight is 395 g/mol. The molecular weight excluding hydrogens is 373 g/mol. The molecule has 0 aliphatic carbocycles. The molecule has 0 unspecified atom stereocenters. The Bertz CT molecular complexity index is 958. The van der Waals surface area contributed by atoms with Gasteiger partial charge in [0.25, 0.3) is 0 Å². The lowest BCUT2D eigenvalue weighted by atomic mass is 10.2. The lowest BCUT2D eigenvalue weighted by Crippen LogP contribution is -2.47. The number of benzene rings is 2.